The number of hydrogen-bond acceptors (Lipinski definition) is 6. The van der Waals surface area contributed by atoms with Gasteiger partial charge in [0.05, 0.1) is 12.4 Å². The van der Waals surface area contributed by atoms with Gasteiger partial charge in [-0.15, -0.1) is 33.7 Å². The minimum atomic E-state index is 0.974. The molecule has 2 heterocycles. The summed E-state index contributed by atoms with van der Waals surface area (Å²) in [7, 11) is 0. The number of aromatic amines is 2. The summed E-state index contributed by atoms with van der Waals surface area (Å²) in [5, 5.41) is 22.7. The highest BCUT2D eigenvalue weighted by molar-refractivity contribution is 7.99. The Morgan fingerprint density at radius 3 is 1.76 bits per heavy atom. The van der Waals surface area contributed by atoms with Crippen LogP contribution in [0.4, 0.5) is 0 Å². The molecule has 0 saturated carbocycles. The number of rotatable bonds is 8. The van der Waals surface area contributed by atoms with Crippen molar-refractivity contribution in [3.63, 3.8) is 0 Å². The van der Waals surface area contributed by atoms with E-state index in [9.17, 15) is 0 Å². The van der Waals surface area contributed by atoms with Gasteiger partial charge in [-0.1, -0.05) is 6.42 Å². The normalized spacial score (nSPS) is 10.8. The van der Waals surface area contributed by atoms with Gasteiger partial charge in [-0.05, 0) is 24.3 Å². The van der Waals surface area contributed by atoms with Crippen LogP contribution in [0.2, 0.25) is 0 Å². The van der Waals surface area contributed by atoms with Crippen molar-refractivity contribution in [2.75, 3.05) is 11.5 Å². The van der Waals surface area contributed by atoms with Crippen molar-refractivity contribution < 1.29 is 0 Å². The van der Waals surface area contributed by atoms with E-state index in [-0.39, 0.29) is 0 Å². The van der Waals surface area contributed by atoms with E-state index in [0.717, 1.165) is 21.6 Å². The Balaban J connectivity index is 1.44. The SMILES string of the molecule is c1n[nH]nc1SCCCCCSc1cn[nH]n1. The highest BCUT2D eigenvalue weighted by Crippen LogP contribution is 2.18. The molecule has 2 rings (SSSR count). The zero-order valence-electron chi connectivity index (χ0n) is 9.30. The predicted molar refractivity (Wildman–Crippen MR) is 68.1 cm³/mol. The quantitative estimate of drug-likeness (QED) is 0.563. The molecular weight excluding hydrogens is 256 g/mol. The molecule has 0 unspecified atom stereocenters. The zero-order chi connectivity index (χ0) is 11.8. The number of aromatic nitrogens is 6. The van der Waals surface area contributed by atoms with E-state index >= 15 is 0 Å². The zero-order valence-corrected chi connectivity index (χ0v) is 10.9. The minimum Gasteiger partial charge on any atom is -0.197 e. The van der Waals surface area contributed by atoms with Crippen molar-refractivity contribution in [3.05, 3.63) is 12.4 Å². The Morgan fingerprint density at radius 2 is 1.35 bits per heavy atom. The van der Waals surface area contributed by atoms with Gasteiger partial charge in [-0.3, -0.25) is 0 Å². The second kappa shape index (κ2) is 7.33. The second-order valence-electron chi connectivity index (χ2n) is 3.37. The number of thioether (sulfide) groups is 2. The number of H-pyrrole nitrogens is 2. The van der Waals surface area contributed by atoms with E-state index in [4.69, 9.17) is 0 Å². The van der Waals surface area contributed by atoms with Crippen molar-refractivity contribution in [2.24, 2.45) is 0 Å². The molecule has 0 bridgehead atoms. The van der Waals surface area contributed by atoms with Crippen molar-refractivity contribution >= 4 is 23.5 Å². The Kier molecular flexibility index (Phi) is 5.37. The molecule has 0 aliphatic carbocycles. The van der Waals surface area contributed by atoms with Crippen LogP contribution in [0.5, 0.6) is 0 Å². The van der Waals surface area contributed by atoms with E-state index in [0.29, 0.717) is 0 Å². The van der Waals surface area contributed by atoms with Gasteiger partial charge in [0.2, 0.25) is 0 Å². The average Bonchev–Trinajstić information content (AvgIpc) is 3.00. The molecule has 6 nitrogen and oxygen atoms in total. The van der Waals surface area contributed by atoms with Crippen LogP contribution >= 0.6 is 23.5 Å². The van der Waals surface area contributed by atoms with Gasteiger partial charge >= 0.3 is 0 Å². The van der Waals surface area contributed by atoms with Crippen molar-refractivity contribution in [1.82, 2.24) is 30.8 Å². The summed E-state index contributed by atoms with van der Waals surface area (Å²) in [6, 6.07) is 0. The molecule has 0 spiro atoms. The fraction of sp³-hybridized carbons (Fsp3) is 0.556. The smallest absolute Gasteiger partial charge is 0.138 e. The first kappa shape index (κ1) is 12.4. The molecule has 0 radical (unpaired) electrons. The van der Waals surface area contributed by atoms with Gasteiger partial charge in [-0.25, -0.2) is 0 Å². The summed E-state index contributed by atoms with van der Waals surface area (Å²) in [5.41, 5.74) is 0. The van der Waals surface area contributed by atoms with Crippen LogP contribution in [0.25, 0.3) is 0 Å². The number of hydrogen-bond donors (Lipinski definition) is 2. The van der Waals surface area contributed by atoms with Crippen molar-refractivity contribution in [2.45, 2.75) is 29.3 Å². The summed E-state index contributed by atoms with van der Waals surface area (Å²) in [5.74, 6) is 2.20. The lowest BCUT2D eigenvalue weighted by Gasteiger charge is -1.98. The fourth-order valence-electron chi connectivity index (χ4n) is 1.26. The molecule has 0 aliphatic rings. The Hall–Kier alpha value is -1.02. The van der Waals surface area contributed by atoms with Crippen LogP contribution in [0.15, 0.2) is 22.4 Å². The second-order valence-corrected chi connectivity index (χ2v) is 5.60. The monoisotopic (exact) mass is 270 g/mol. The average molecular weight is 270 g/mol. The van der Waals surface area contributed by atoms with Crippen LogP contribution in [0.1, 0.15) is 19.3 Å². The number of nitrogens with one attached hydrogen (secondary N) is 2. The molecule has 0 fully saturated rings. The first-order valence-corrected chi connectivity index (χ1v) is 7.39. The van der Waals surface area contributed by atoms with E-state index in [2.05, 4.69) is 30.8 Å². The maximum absolute atomic E-state index is 3.99. The summed E-state index contributed by atoms with van der Waals surface area (Å²) in [4.78, 5) is 0. The summed E-state index contributed by atoms with van der Waals surface area (Å²) < 4.78 is 0. The molecule has 0 aliphatic heterocycles. The van der Waals surface area contributed by atoms with Gasteiger partial charge in [0, 0.05) is 0 Å². The van der Waals surface area contributed by atoms with E-state index < -0.39 is 0 Å². The molecular formula is C9H14N6S2. The molecule has 2 N–H and O–H groups in total. The molecule has 0 amide bonds. The molecule has 2 aromatic heterocycles. The Morgan fingerprint density at radius 1 is 0.824 bits per heavy atom. The Bertz CT molecular complexity index is 349. The lowest BCUT2D eigenvalue weighted by molar-refractivity contribution is 0.784. The third kappa shape index (κ3) is 4.78. The lowest BCUT2D eigenvalue weighted by Crippen LogP contribution is -1.85. The van der Waals surface area contributed by atoms with E-state index in [1.54, 1.807) is 35.9 Å². The standard InChI is InChI=1S/C9H14N6S2/c1(2-4-16-8-6-10-14-12-8)3-5-17-9-7-11-15-13-9/h6-7H,1-5H2,(H,10,12,14)(H,11,13,15). The largest absolute Gasteiger partial charge is 0.197 e. The molecule has 0 aromatic carbocycles. The van der Waals surface area contributed by atoms with Gasteiger partial charge in [0.15, 0.2) is 0 Å². The van der Waals surface area contributed by atoms with Gasteiger partial charge in [0.25, 0.3) is 0 Å². The minimum absolute atomic E-state index is 0.974. The van der Waals surface area contributed by atoms with Crippen molar-refractivity contribution in [1.29, 1.82) is 0 Å². The summed E-state index contributed by atoms with van der Waals surface area (Å²) in [6.07, 6.45) is 7.15. The fourth-order valence-corrected chi connectivity index (χ4v) is 2.84. The maximum Gasteiger partial charge on any atom is 0.138 e. The topological polar surface area (TPSA) is 83.1 Å². The molecule has 92 valence electrons. The summed E-state index contributed by atoms with van der Waals surface area (Å²) >= 11 is 3.49. The van der Waals surface area contributed by atoms with Crippen molar-refractivity contribution in [3.8, 4) is 0 Å². The third-order valence-electron chi connectivity index (χ3n) is 2.07. The number of unbranched alkanes of at least 4 members (excludes halogenated alkanes) is 2. The van der Waals surface area contributed by atoms with Crippen LogP contribution in [0, 0.1) is 0 Å². The lowest BCUT2D eigenvalue weighted by atomic mass is 10.3. The van der Waals surface area contributed by atoms with Gasteiger partial charge in [-0.2, -0.15) is 20.6 Å². The molecule has 8 heteroatoms. The molecule has 0 saturated heterocycles. The highest BCUT2D eigenvalue weighted by Gasteiger charge is 1.98. The highest BCUT2D eigenvalue weighted by atomic mass is 32.2. The first-order valence-electron chi connectivity index (χ1n) is 5.42. The maximum atomic E-state index is 3.99. The number of nitrogens with zero attached hydrogens (tertiary/aromatic N) is 4. The Labute approximate surface area is 108 Å². The van der Waals surface area contributed by atoms with Gasteiger partial charge < -0.3 is 0 Å². The van der Waals surface area contributed by atoms with Crippen LogP contribution in [-0.2, 0) is 0 Å². The van der Waals surface area contributed by atoms with Gasteiger partial charge in [0.1, 0.15) is 10.1 Å². The van der Waals surface area contributed by atoms with Crippen LogP contribution in [0.3, 0.4) is 0 Å². The van der Waals surface area contributed by atoms with Crippen LogP contribution < -0.4 is 0 Å². The predicted octanol–water partition coefficient (Wildman–Crippen LogP) is 1.98. The summed E-state index contributed by atoms with van der Waals surface area (Å²) in [6.45, 7) is 0. The molecule has 0 atom stereocenters. The molecule has 2 aromatic rings. The van der Waals surface area contributed by atoms with E-state index in [1.165, 1.54) is 19.3 Å². The van der Waals surface area contributed by atoms with E-state index in [1.807, 2.05) is 0 Å². The first-order chi connectivity index (χ1) is 8.45. The molecule has 17 heavy (non-hydrogen) atoms. The van der Waals surface area contributed by atoms with Crippen LogP contribution in [-0.4, -0.2) is 42.3 Å². The third-order valence-corrected chi connectivity index (χ3v) is 4.04.